The first-order valence-electron chi connectivity index (χ1n) is 7.36. The number of ether oxygens (including phenoxy) is 2. The van der Waals surface area contributed by atoms with Crippen LogP contribution >= 0.6 is 0 Å². The van der Waals surface area contributed by atoms with Gasteiger partial charge >= 0.3 is 11.9 Å². The predicted octanol–water partition coefficient (Wildman–Crippen LogP) is 3.50. The molecule has 4 nitrogen and oxygen atoms in total. The average molecular weight is 322 g/mol. The first kappa shape index (κ1) is 17.2. The Morgan fingerprint density at radius 3 is 1.29 bits per heavy atom. The van der Waals surface area contributed by atoms with Gasteiger partial charge < -0.3 is 9.47 Å². The van der Waals surface area contributed by atoms with Crippen molar-refractivity contribution >= 4 is 23.1 Å². The summed E-state index contributed by atoms with van der Waals surface area (Å²) in [5.74, 6) is -0.999. The average Bonchev–Trinajstić information content (AvgIpc) is 2.65. The third-order valence-corrected chi connectivity index (χ3v) is 3.39. The third kappa shape index (κ3) is 4.43. The fourth-order valence-corrected chi connectivity index (χ4v) is 2.22. The van der Waals surface area contributed by atoms with E-state index < -0.39 is 11.9 Å². The van der Waals surface area contributed by atoms with Crippen LogP contribution in [0.2, 0.25) is 0 Å². The van der Waals surface area contributed by atoms with E-state index in [9.17, 15) is 9.59 Å². The van der Waals surface area contributed by atoms with Crippen LogP contribution in [0.15, 0.2) is 72.8 Å². The van der Waals surface area contributed by atoms with Gasteiger partial charge in [-0.3, -0.25) is 0 Å². The second-order valence-electron chi connectivity index (χ2n) is 4.89. The van der Waals surface area contributed by atoms with Crippen LogP contribution in [0, 0.1) is 0 Å². The Hall–Kier alpha value is -3.14. The van der Waals surface area contributed by atoms with Crippen molar-refractivity contribution in [1.82, 2.24) is 0 Å². The first-order chi connectivity index (χ1) is 11.7. The highest BCUT2D eigenvalue weighted by atomic mass is 16.5. The molecule has 0 aliphatic heterocycles. The topological polar surface area (TPSA) is 52.6 Å². The quantitative estimate of drug-likeness (QED) is 0.480. The van der Waals surface area contributed by atoms with Crippen molar-refractivity contribution in [2.24, 2.45) is 0 Å². The lowest BCUT2D eigenvalue weighted by Crippen LogP contribution is -2.02. The van der Waals surface area contributed by atoms with Gasteiger partial charge in [-0.05, 0) is 22.3 Å². The fraction of sp³-hybridized carbons (Fsp3) is 0.100. The predicted molar refractivity (Wildman–Crippen MR) is 92.9 cm³/mol. The van der Waals surface area contributed by atoms with Gasteiger partial charge in [-0.1, -0.05) is 60.7 Å². The summed E-state index contributed by atoms with van der Waals surface area (Å²) in [6.07, 6.45) is 2.74. The highest BCUT2D eigenvalue weighted by Crippen LogP contribution is 2.31. The molecule has 0 saturated carbocycles. The Labute approximate surface area is 141 Å². The van der Waals surface area contributed by atoms with Gasteiger partial charge in [0.05, 0.1) is 14.2 Å². The molecule has 0 radical (unpaired) electrons. The zero-order valence-corrected chi connectivity index (χ0v) is 13.6. The molecule has 0 aliphatic rings. The summed E-state index contributed by atoms with van der Waals surface area (Å²) in [4.78, 5) is 23.7. The monoisotopic (exact) mass is 322 g/mol. The molecule has 0 fully saturated rings. The molecular formula is C20H18O4. The summed E-state index contributed by atoms with van der Waals surface area (Å²) in [6, 6.07) is 18.7. The second kappa shape index (κ2) is 8.48. The van der Waals surface area contributed by atoms with Gasteiger partial charge in [0.15, 0.2) is 0 Å². The van der Waals surface area contributed by atoms with Crippen LogP contribution in [-0.4, -0.2) is 26.2 Å². The van der Waals surface area contributed by atoms with Crippen LogP contribution in [0.1, 0.15) is 11.1 Å². The molecule has 122 valence electrons. The van der Waals surface area contributed by atoms with Gasteiger partial charge in [-0.25, -0.2) is 9.59 Å². The second-order valence-corrected chi connectivity index (χ2v) is 4.89. The number of carbonyl (C=O) groups is 2. The maximum absolute atomic E-state index is 11.8. The number of carbonyl (C=O) groups excluding carboxylic acids is 2. The van der Waals surface area contributed by atoms with Gasteiger partial charge in [-0.15, -0.1) is 0 Å². The number of allylic oxidation sites excluding steroid dienone is 2. The molecule has 0 spiro atoms. The molecule has 0 aliphatic carbocycles. The maximum atomic E-state index is 11.8. The molecular weight excluding hydrogens is 304 g/mol. The van der Waals surface area contributed by atoms with E-state index in [0.29, 0.717) is 11.1 Å². The number of hydrogen-bond donors (Lipinski definition) is 0. The molecule has 0 heterocycles. The summed E-state index contributed by atoms with van der Waals surface area (Å²) in [6.45, 7) is 0. The van der Waals surface area contributed by atoms with Crippen LogP contribution in [0.5, 0.6) is 0 Å². The van der Waals surface area contributed by atoms with Crippen molar-refractivity contribution in [3.05, 3.63) is 83.9 Å². The highest BCUT2D eigenvalue weighted by molar-refractivity contribution is 6.14. The van der Waals surface area contributed by atoms with Crippen molar-refractivity contribution in [2.45, 2.75) is 0 Å². The minimum Gasteiger partial charge on any atom is -0.466 e. The van der Waals surface area contributed by atoms with Crippen LogP contribution in [-0.2, 0) is 19.1 Å². The Morgan fingerprint density at radius 1 is 0.667 bits per heavy atom. The molecule has 0 N–H and O–H groups in total. The summed E-state index contributed by atoms with van der Waals surface area (Å²) in [5.41, 5.74) is 2.75. The molecule has 2 rings (SSSR count). The third-order valence-electron chi connectivity index (χ3n) is 3.39. The summed E-state index contributed by atoms with van der Waals surface area (Å²) in [7, 11) is 2.63. The van der Waals surface area contributed by atoms with Crippen molar-refractivity contribution in [3.8, 4) is 0 Å². The minimum absolute atomic E-state index is 0.499. The van der Waals surface area contributed by atoms with Gasteiger partial charge in [0.2, 0.25) is 0 Å². The van der Waals surface area contributed by atoms with E-state index in [-0.39, 0.29) is 0 Å². The number of benzene rings is 2. The standard InChI is InChI=1S/C20H18O4/c1-23-19(21)13-17(15-9-5-3-6-10-15)18(14-20(22)24-2)16-11-7-4-8-12-16/h3-14H,1-2H3/b17-13+,18-14+. The minimum atomic E-state index is -0.499. The van der Waals surface area contributed by atoms with E-state index in [0.717, 1.165) is 11.1 Å². The van der Waals surface area contributed by atoms with Crippen LogP contribution in [0.25, 0.3) is 11.1 Å². The number of rotatable bonds is 5. The Balaban J connectivity index is 2.66. The largest absolute Gasteiger partial charge is 0.466 e. The molecule has 2 aromatic rings. The molecule has 0 amide bonds. The highest BCUT2D eigenvalue weighted by Gasteiger charge is 2.14. The zero-order chi connectivity index (χ0) is 17.4. The molecule has 0 aromatic heterocycles. The number of esters is 2. The van der Waals surface area contributed by atoms with Crippen LogP contribution in [0.4, 0.5) is 0 Å². The van der Waals surface area contributed by atoms with Crippen LogP contribution < -0.4 is 0 Å². The summed E-state index contributed by atoms with van der Waals surface area (Å²) >= 11 is 0. The van der Waals surface area contributed by atoms with E-state index in [1.807, 2.05) is 60.7 Å². The lowest BCUT2D eigenvalue weighted by Gasteiger charge is -2.13. The van der Waals surface area contributed by atoms with E-state index in [1.165, 1.54) is 26.4 Å². The van der Waals surface area contributed by atoms with Gasteiger partial charge in [0.1, 0.15) is 0 Å². The first-order valence-corrected chi connectivity index (χ1v) is 7.36. The Bertz CT molecular complexity index is 691. The van der Waals surface area contributed by atoms with Crippen LogP contribution in [0.3, 0.4) is 0 Å². The molecule has 0 atom stereocenters. The summed E-state index contributed by atoms with van der Waals surface area (Å²) < 4.78 is 9.52. The molecule has 2 aromatic carbocycles. The van der Waals surface area contributed by atoms with Gasteiger partial charge in [-0.2, -0.15) is 0 Å². The number of hydrogen-bond acceptors (Lipinski definition) is 4. The lowest BCUT2D eigenvalue weighted by molar-refractivity contribution is -0.135. The zero-order valence-electron chi connectivity index (χ0n) is 13.6. The molecule has 24 heavy (non-hydrogen) atoms. The lowest BCUT2D eigenvalue weighted by atomic mass is 9.91. The SMILES string of the molecule is COC(=O)/C=C(/C(=C/C(=O)OC)c1ccccc1)c1ccccc1. The van der Waals surface area contributed by atoms with Gasteiger partial charge in [0.25, 0.3) is 0 Å². The van der Waals surface area contributed by atoms with E-state index in [4.69, 9.17) is 9.47 Å². The molecule has 0 unspecified atom stereocenters. The normalized spacial score (nSPS) is 11.8. The van der Waals surface area contributed by atoms with Crippen molar-refractivity contribution in [3.63, 3.8) is 0 Å². The van der Waals surface area contributed by atoms with E-state index in [1.54, 1.807) is 0 Å². The smallest absolute Gasteiger partial charge is 0.331 e. The van der Waals surface area contributed by atoms with Crippen molar-refractivity contribution in [1.29, 1.82) is 0 Å². The molecule has 0 bridgehead atoms. The Morgan fingerprint density at radius 2 is 1.00 bits per heavy atom. The van der Waals surface area contributed by atoms with Gasteiger partial charge in [0, 0.05) is 12.2 Å². The Kier molecular flexibility index (Phi) is 6.08. The maximum Gasteiger partial charge on any atom is 0.331 e. The molecule has 4 heteroatoms. The van der Waals surface area contributed by atoms with Crippen molar-refractivity contribution < 1.29 is 19.1 Å². The van der Waals surface area contributed by atoms with Crippen molar-refractivity contribution in [2.75, 3.05) is 14.2 Å². The van der Waals surface area contributed by atoms with E-state index in [2.05, 4.69) is 0 Å². The summed E-state index contributed by atoms with van der Waals surface area (Å²) in [5, 5.41) is 0. The molecule has 0 saturated heterocycles. The van der Waals surface area contributed by atoms with E-state index >= 15 is 0 Å². The fourth-order valence-electron chi connectivity index (χ4n) is 2.22. The number of methoxy groups -OCH3 is 2.